The molecule has 0 saturated carbocycles. The summed E-state index contributed by atoms with van der Waals surface area (Å²) in [5, 5.41) is 15.2. The highest BCUT2D eigenvalue weighted by atomic mass is 35.5. The van der Waals surface area contributed by atoms with Crippen LogP contribution in [0.15, 0.2) is 36.0 Å². The summed E-state index contributed by atoms with van der Waals surface area (Å²) < 4.78 is 5.32. The minimum Gasteiger partial charge on any atom is -0.478 e. The third-order valence-electron chi connectivity index (χ3n) is 2.53. The first-order valence-corrected chi connectivity index (χ1v) is 6.86. The van der Waals surface area contributed by atoms with Gasteiger partial charge in [-0.1, -0.05) is 11.6 Å². The lowest BCUT2D eigenvalue weighted by Gasteiger charge is -2.25. The number of morpholine rings is 1. The molecule has 1 aliphatic heterocycles. The fourth-order valence-corrected chi connectivity index (χ4v) is 1.73. The first-order chi connectivity index (χ1) is 9.97. The summed E-state index contributed by atoms with van der Waals surface area (Å²) in [7, 11) is 0. The Balaban J connectivity index is 0.000000235. The normalized spacial score (nSPS) is 18.4. The molecular weight excluding hydrogens is 294 g/mol. The summed E-state index contributed by atoms with van der Waals surface area (Å²) >= 11 is 5.56. The van der Waals surface area contributed by atoms with Gasteiger partial charge in [0.2, 0.25) is 0 Å². The number of hydrogen-bond acceptors (Lipinski definition) is 5. The second-order valence-electron chi connectivity index (χ2n) is 4.43. The van der Waals surface area contributed by atoms with Gasteiger partial charge in [0.25, 0.3) is 0 Å². The molecule has 1 atom stereocenters. The van der Waals surface area contributed by atoms with Gasteiger partial charge in [0.1, 0.15) is 6.23 Å². The number of ether oxygens (including phenoxy) is 1. The van der Waals surface area contributed by atoms with Crippen LogP contribution in [0.1, 0.15) is 6.92 Å². The van der Waals surface area contributed by atoms with Crippen molar-refractivity contribution in [1.82, 2.24) is 10.6 Å². The molecule has 1 unspecified atom stereocenters. The van der Waals surface area contributed by atoms with Gasteiger partial charge >= 0.3 is 5.97 Å². The molecule has 1 aromatic rings. The van der Waals surface area contributed by atoms with Gasteiger partial charge in [0.15, 0.2) is 0 Å². The maximum Gasteiger partial charge on any atom is 0.330 e. The first-order valence-electron chi connectivity index (χ1n) is 6.48. The molecule has 1 saturated heterocycles. The molecule has 0 aliphatic carbocycles. The number of anilines is 1. The number of nitrogens with one attached hydrogen (secondary N) is 2. The fraction of sp³-hybridized carbons (Fsp3) is 0.357. The number of aliphatic carboxylic acids is 1. The summed E-state index contributed by atoms with van der Waals surface area (Å²) in [5.74, 6) is -0.950. The van der Waals surface area contributed by atoms with Gasteiger partial charge in [-0.25, -0.2) is 4.79 Å². The molecule has 1 aliphatic rings. The summed E-state index contributed by atoms with van der Waals surface area (Å²) in [6.07, 6.45) is 1.00. The predicted molar refractivity (Wildman–Crippen MR) is 83.0 cm³/mol. The smallest absolute Gasteiger partial charge is 0.330 e. The van der Waals surface area contributed by atoms with Gasteiger partial charge in [-0.15, -0.1) is 0 Å². The highest BCUT2D eigenvalue weighted by Crippen LogP contribution is 2.09. The lowest BCUT2D eigenvalue weighted by atomic mass is 10.3. The van der Waals surface area contributed by atoms with E-state index in [1.54, 1.807) is 31.2 Å². The molecule has 21 heavy (non-hydrogen) atoms. The van der Waals surface area contributed by atoms with Gasteiger partial charge in [-0.3, -0.25) is 0 Å². The third-order valence-corrected chi connectivity index (χ3v) is 2.78. The van der Waals surface area contributed by atoms with Crippen molar-refractivity contribution in [2.24, 2.45) is 0 Å². The Bertz CT molecular complexity index is 450. The van der Waals surface area contributed by atoms with Crippen LogP contribution >= 0.6 is 11.6 Å². The molecule has 0 spiro atoms. The van der Waals surface area contributed by atoms with Crippen LogP contribution in [0.25, 0.3) is 0 Å². The lowest BCUT2D eigenvalue weighted by molar-refractivity contribution is -0.131. The molecule has 116 valence electrons. The van der Waals surface area contributed by atoms with E-state index in [-0.39, 0.29) is 6.23 Å². The van der Waals surface area contributed by atoms with E-state index in [1.807, 2.05) is 0 Å². The molecule has 0 amide bonds. The Hall–Kier alpha value is -1.76. The first kappa shape index (κ1) is 17.3. The van der Waals surface area contributed by atoms with Gasteiger partial charge in [0.05, 0.1) is 6.61 Å². The molecule has 1 fully saturated rings. The van der Waals surface area contributed by atoms with Crippen LogP contribution in [-0.4, -0.2) is 37.0 Å². The molecule has 1 heterocycles. The van der Waals surface area contributed by atoms with Crippen LogP contribution in [0.5, 0.6) is 0 Å². The van der Waals surface area contributed by atoms with E-state index >= 15 is 0 Å². The number of hydrogen-bond donors (Lipinski definition) is 4. The topological polar surface area (TPSA) is 96.6 Å². The van der Waals surface area contributed by atoms with E-state index in [1.165, 1.54) is 0 Å². The second-order valence-corrected chi connectivity index (χ2v) is 4.86. The Morgan fingerprint density at radius 3 is 2.67 bits per heavy atom. The zero-order valence-corrected chi connectivity index (χ0v) is 12.6. The van der Waals surface area contributed by atoms with Crippen molar-refractivity contribution < 1.29 is 14.6 Å². The fourth-order valence-electron chi connectivity index (χ4n) is 1.60. The number of carboxylic acids is 1. The van der Waals surface area contributed by atoms with Gasteiger partial charge in [0, 0.05) is 35.6 Å². The van der Waals surface area contributed by atoms with Crippen LogP contribution in [0.4, 0.5) is 5.69 Å². The van der Waals surface area contributed by atoms with Crippen molar-refractivity contribution >= 4 is 23.3 Å². The van der Waals surface area contributed by atoms with E-state index in [0.29, 0.717) is 18.8 Å². The number of allylic oxidation sites excluding steroid dienone is 1. The van der Waals surface area contributed by atoms with Gasteiger partial charge in [-0.05, 0) is 31.2 Å². The van der Waals surface area contributed by atoms with Crippen LogP contribution in [0, 0.1) is 0 Å². The van der Waals surface area contributed by atoms with Crippen molar-refractivity contribution in [1.29, 1.82) is 0 Å². The summed E-state index contributed by atoms with van der Waals surface area (Å²) in [6, 6.07) is 7.05. The zero-order valence-electron chi connectivity index (χ0n) is 11.8. The van der Waals surface area contributed by atoms with Crippen molar-refractivity contribution in [3.8, 4) is 0 Å². The standard InChI is InChI=1S/C8H14N2O3.C6H6ClN/c1-6(4-8(11)12)10-7-5-9-2-3-13-7;7-5-1-3-6(8)4-2-5/h4,7,9-10H,2-3,5H2,1H3,(H,11,12);1-4H,8H2/b6-4-;. The summed E-state index contributed by atoms with van der Waals surface area (Å²) in [6.45, 7) is 3.90. The molecular formula is C14H20ClN3O3. The third kappa shape index (κ3) is 8.19. The van der Waals surface area contributed by atoms with E-state index in [0.717, 1.165) is 23.3 Å². The van der Waals surface area contributed by atoms with Gasteiger partial charge in [-0.2, -0.15) is 0 Å². The number of benzene rings is 1. The van der Waals surface area contributed by atoms with E-state index in [9.17, 15) is 4.79 Å². The average Bonchev–Trinajstić information content (AvgIpc) is 2.43. The molecule has 7 heteroatoms. The number of carbonyl (C=O) groups is 1. The minimum atomic E-state index is -0.950. The monoisotopic (exact) mass is 313 g/mol. The Morgan fingerprint density at radius 1 is 1.52 bits per heavy atom. The summed E-state index contributed by atoms with van der Waals surface area (Å²) in [4.78, 5) is 10.3. The predicted octanol–water partition coefficient (Wildman–Crippen LogP) is 1.43. The number of halogens is 1. The SMILES string of the molecule is C/C(=C/C(=O)O)NC1CNCCO1.Nc1ccc(Cl)cc1. The zero-order chi connectivity index (χ0) is 15.7. The lowest BCUT2D eigenvalue weighted by Crippen LogP contribution is -2.46. The number of nitrogens with two attached hydrogens (primary N) is 1. The molecule has 0 radical (unpaired) electrons. The molecule has 6 nitrogen and oxygen atoms in total. The second kappa shape index (κ2) is 9.23. The Labute approximate surface area is 128 Å². The highest BCUT2D eigenvalue weighted by Gasteiger charge is 2.12. The minimum absolute atomic E-state index is 0.121. The number of nitrogen functional groups attached to an aromatic ring is 1. The van der Waals surface area contributed by atoms with Crippen molar-refractivity contribution in [2.75, 3.05) is 25.4 Å². The molecule has 5 N–H and O–H groups in total. The van der Waals surface area contributed by atoms with Crippen LogP contribution < -0.4 is 16.4 Å². The van der Waals surface area contributed by atoms with Crippen LogP contribution in [0.3, 0.4) is 0 Å². The number of carboxylic acid groups (broad SMARTS) is 1. The number of rotatable bonds is 3. The van der Waals surface area contributed by atoms with Crippen molar-refractivity contribution in [2.45, 2.75) is 13.2 Å². The molecule has 1 aromatic carbocycles. The van der Waals surface area contributed by atoms with Crippen molar-refractivity contribution in [3.63, 3.8) is 0 Å². The Kier molecular flexibility index (Phi) is 7.60. The average molecular weight is 314 g/mol. The van der Waals surface area contributed by atoms with Crippen molar-refractivity contribution in [3.05, 3.63) is 41.1 Å². The Morgan fingerprint density at radius 2 is 2.19 bits per heavy atom. The molecule has 0 bridgehead atoms. The molecule has 2 rings (SSSR count). The van der Waals surface area contributed by atoms with Crippen LogP contribution in [0.2, 0.25) is 5.02 Å². The van der Waals surface area contributed by atoms with E-state index in [2.05, 4.69) is 10.6 Å². The quantitative estimate of drug-likeness (QED) is 0.498. The van der Waals surface area contributed by atoms with Crippen LogP contribution in [-0.2, 0) is 9.53 Å². The maximum atomic E-state index is 10.3. The summed E-state index contributed by atoms with van der Waals surface area (Å²) in [5.41, 5.74) is 6.71. The van der Waals surface area contributed by atoms with Gasteiger partial charge < -0.3 is 26.2 Å². The van der Waals surface area contributed by atoms with E-state index in [4.69, 9.17) is 27.2 Å². The maximum absolute atomic E-state index is 10.3. The highest BCUT2D eigenvalue weighted by molar-refractivity contribution is 6.30. The molecule has 0 aromatic heterocycles. The van der Waals surface area contributed by atoms with E-state index < -0.39 is 5.97 Å². The largest absolute Gasteiger partial charge is 0.478 e.